The Morgan fingerprint density at radius 1 is 0.947 bits per heavy atom. The van der Waals surface area contributed by atoms with Gasteiger partial charge in [0.2, 0.25) is 5.91 Å². The minimum absolute atomic E-state index is 0.337. The zero-order valence-electron chi connectivity index (χ0n) is 22.7. The summed E-state index contributed by atoms with van der Waals surface area (Å²) in [4.78, 5) is 17.6. The maximum Gasteiger partial charge on any atom is 0.222 e. The maximum atomic E-state index is 13.3. The number of hydrogen-bond acceptors (Lipinski definition) is 5. The van der Waals surface area contributed by atoms with E-state index in [1.807, 2.05) is 6.07 Å². The molecule has 6 nitrogen and oxygen atoms in total. The fourth-order valence-electron chi connectivity index (χ4n) is 6.18. The van der Waals surface area contributed by atoms with Crippen molar-refractivity contribution in [3.63, 3.8) is 0 Å². The molecule has 2 fully saturated rings. The summed E-state index contributed by atoms with van der Waals surface area (Å²) in [7, 11) is 2.10. The van der Waals surface area contributed by atoms with Crippen molar-refractivity contribution >= 4 is 5.91 Å². The van der Waals surface area contributed by atoms with Crippen LogP contribution in [-0.4, -0.2) is 54.1 Å². The summed E-state index contributed by atoms with van der Waals surface area (Å²) in [6.07, 6.45) is 5.90. The number of nitrogens with one attached hydrogen (secondary N) is 1. The number of piperidine rings is 2. The van der Waals surface area contributed by atoms with E-state index >= 15 is 0 Å². The number of carbonyl (C=O) groups is 1. The maximum absolute atomic E-state index is 13.3. The molecule has 1 N–H and O–H groups in total. The lowest BCUT2D eigenvalue weighted by molar-refractivity contribution is -0.134. The van der Waals surface area contributed by atoms with E-state index in [0.717, 1.165) is 82.8 Å². The number of carbonyl (C=O) groups excluding carboxylic acids is 1. The third kappa shape index (κ3) is 7.55. The minimum Gasteiger partial charge on any atom is -0.360 e. The van der Waals surface area contributed by atoms with Crippen LogP contribution in [0.25, 0.3) is 0 Å². The molecule has 1 aromatic heterocycles. The molecular formula is C32H42N4O2. The molecule has 2 unspecified atom stereocenters. The monoisotopic (exact) mass is 514 g/mol. The van der Waals surface area contributed by atoms with Crippen molar-refractivity contribution in [2.75, 3.05) is 33.2 Å². The van der Waals surface area contributed by atoms with Gasteiger partial charge in [-0.2, -0.15) is 0 Å². The van der Waals surface area contributed by atoms with Crippen molar-refractivity contribution < 1.29 is 9.32 Å². The van der Waals surface area contributed by atoms with Crippen LogP contribution in [0.4, 0.5) is 0 Å². The van der Waals surface area contributed by atoms with Gasteiger partial charge in [-0.3, -0.25) is 9.69 Å². The number of amides is 1. The molecule has 2 aliphatic rings. The van der Waals surface area contributed by atoms with Crippen LogP contribution in [0.5, 0.6) is 0 Å². The van der Waals surface area contributed by atoms with Crippen molar-refractivity contribution in [2.24, 2.45) is 17.8 Å². The molecule has 5 rings (SSSR count). The molecule has 3 aromatic rings. The van der Waals surface area contributed by atoms with E-state index in [2.05, 4.69) is 88.0 Å². The van der Waals surface area contributed by atoms with Crippen LogP contribution < -0.4 is 5.32 Å². The number of rotatable bonds is 10. The van der Waals surface area contributed by atoms with Gasteiger partial charge in [-0.15, -0.1) is 0 Å². The van der Waals surface area contributed by atoms with Gasteiger partial charge >= 0.3 is 0 Å². The van der Waals surface area contributed by atoms with Crippen molar-refractivity contribution in [1.82, 2.24) is 20.3 Å². The number of nitrogens with zero attached hydrogens (tertiary/aromatic N) is 3. The highest BCUT2D eigenvalue weighted by atomic mass is 16.5. The number of hydrogen-bond donors (Lipinski definition) is 1. The largest absolute Gasteiger partial charge is 0.360 e. The lowest BCUT2D eigenvalue weighted by Crippen LogP contribution is -2.43. The molecule has 2 saturated heterocycles. The first-order valence-corrected chi connectivity index (χ1v) is 14.3. The van der Waals surface area contributed by atoms with Crippen LogP contribution in [0.3, 0.4) is 0 Å². The van der Waals surface area contributed by atoms with Crippen LogP contribution in [-0.2, 0) is 30.7 Å². The quantitative estimate of drug-likeness (QED) is 0.415. The summed E-state index contributed by atoms with van der Waals surface area (Å²) in [5, 5.41) is 7.93. The van der Waals surface area contributed by atoms with Gasteiger partial charge in [0.05, 0.1) is 12.2 Å². The number of benzene rings is 2. The topological polar surface area (TPSA) is 61.6 Å². The van der Waals surface area contributed by atoms with Crippen molar-refractivity contribution in [3.05, 3.63) is 89.3 Å². The molecule has 1 amide bonds. The van der Waals surface area contributed by atoms with E-state index in [9.17, 15) is 4.79 Å². The summed E-state index contributed by atoms with van der Waals surface area (Å²) >= 11 is 0. The second-order valence-corrected chi connectivity index (χ2v) is 11.4. The number of likely N-dealkylation sites (tertiary alicyclic amines) is 1. The summed E-state index contributed by atoms with van der Waals surface area (Å²) in [6.45, 7) is 5.32. The predicted octanol–water partition coefficient (Wildman–Crippen LogP) is 4.95. The van der Waals surface area contributed by atoms with E-state index in [1.165, 1.54) is 11.1 Å². The molecular weight excluding hydrogens is 472 g/mol. The van der Waals surface area contributed by atoms with Gasteiger partial charge in [0.25, 0.3) is 0 Å². The van der Waals surface area contributed by atoms with E-state index in [0.29, 0.717) is 30.1 Å². The Kier molecular flexibility index (Phi) is 9.26. The molecule has 0 aliphatic carbocycles. The molecule has 3 heterocycles. The van der Waals surface area contributed by atoms with Gasteiger partial charge in [0, 0.05) is 32.1 Å². The molecule has 38 heavy (non-hydrogen) atoms. The Morgan fingerprint density at radius 3 is 2.39 bits per heavy atom. The van der Waals surface area contributed by atoms with Crippen molar-refractivity contribution in [3.8, 4) is 0 Å². The summed E-state index contributed by atoms with van der Waals surface area (Å²) in [6, 6.07) is 23.3. The van der Waals surface area contributed by atoms with E-state index in [-0.39, 0.29) is 0 Å². The summed E-state index contributed by atoms with van der Waals surface area (Å²) < 4.78 is 5.69. The van der Waals surface area contributed by atoms with E-state index < -0.39 is 0 Å². The molecule has 0 spiro atoms. The summed E-state index contributed by atoms with van der Waals surface area (Å²) in [5.74, 6) is 2.72. The van der Waals surface area contributed by atoms with Crippen LogP contribution in [0.2, 0.25) is 0 Å². The SMILES string of the molecule is CN(Cc1ccccc1)Cc1cc(CC2CNCCC2CC(=O)N2CCC(Cc3ccccc3)CC2)no1. The fourth-order valence-corrected chi connectivity index (χ4v) is 6.18. The van der Waals surface area contributed by atoms with Gasteiger partial charge in [-0.05, 0) is 81.1 Å². The first-order valence-electron chi connectivity index (χ1n) is 14.3. The van der Waals surface area contributed by atoms with Gasteiger partial charge in [0.15, 0.2) is 5.76 Å². The van der Waals surface area contributed by atoms with E-state index in [1.54, 1.807) is 0 Å². The Bertz CT molecular complexity index is 1120. The van der Waals surface area contributed by atoms with Gasteiger partial charge in [-0.25, -0.2) is 0 Å². The Balaban J connectivity index is 1.09. The third-order valence-corrected chi connectivity index (χ3v) is 8.34. The Hall–Kier alpha value is -2.96. The average Bonchev–Trinajstić information content (AvgIpc) is 3.37. The minimum atomic E-state index is 0.337. The standard InChI is InChI=1S/C32H42N4O2/c1-35(23-27-10-6-3-7-11-27)24-31-21-30(34-38-31)19-29-22-33-15-12-28(29)20-32(37)36-16-13-26(14-17-36)18-25-8-4-2-5-9-25/h2-11,21,26,28-29,33H,12-20,22-24H2,1H3. The van der Waals surface area contributed by atoms with Crippen LogP contribution in [0.15, 0.2) is 71.3 Å². The highest BCUT2D eigenvalue weighted by molar-refractivity contribution is 5.76. The smallest absolute Gasteiger partial charge is 0.222 e. The van der Waals surface area contributed by atoms with Gasteiger partial charge in [0.1, 0.15) is 0 Å². The first-order chi connectivity index (χ1) is 18.6. The van der Waals surface area contributed by atoms with Crippen molar-refractivity contribution in [2.45, 2.75) is 51.6 Å². The molecule has 202 valence electrons. The summed E-state index contributed by atoms with van der Waals surface area (Å²) in [5.41, 5.74) is 3.70. The lowest BCUT2D eigenvalue weighted by Gasteiger charge is -2.36. The van der Waals surface area contributed by atoms with Crippen LogP contribution in [0.1, 0.15) is 48.3 Å². The second kappa shape index (κ2) is 13.2. The highest BCUT2D eigenvalue weighted by Crippen LogP contribution is 2.29. The van der Waals surface area contributed by atoms with Gasteiger partial charge < -0.3 is 14.7 Å². The molecule has 2 aromatic carbocycles. The average molecular weight is 515 g/mol. The predicted molar refractivity (Wildman–Crippen MR) is 150 cm³/mol. The normalized spacial score (nSPS) is 20.6. The molecule has 6 heteroatoms. The first kappa shape index (κ1) is 26.6. The molecule has 0 radical (unpaired) electrons. The second-order valence-electron chi connectivity index (χ2n) is 11.4. The zero-order chi connectivity index (χ0) is 26.2. The molecule has 0 saturated carbocycles. The Labute approximate surface area is 227 Å². The highest BCUT2D eigenvalue weighted by Gasteiger charge is 2.31. The van der Waals surface area contributed by atoms with E-state index in [4.69, 9.17) is 4.52 Å². The molecule has 2 atom stereocenters. The Morgan fingerprint density at radius 2 is 1.66 bits per heavy atom. The molecule has 2 aliphatic heterocycles. The van der Waals surface area contributed by atoms with Gasteiger partial charge in [-0.1, -0.05) is 65.8 Å². The fraction of sp³-hybridized carbons (Fsp3) is 0.500. The zero-order valence-corrected chi connectivity index (χ0v) is 22.7. The molecule has 0 bridgehead atoms. The van der Waals surface area contributed by atoms with Crippen molar-refractivity contribution in [1.29, 1.82) is 0 Å². The lowest BCUT2D eigenvalue weighted by atomic mass is 9.80. The number of aromatic nitrogens is 1. The third-order valence-electron chi connectivity index (χ3n) is 8.34. The van der Waals surface area contributed by atoms with Crippen LogP contribution >= 0.6 is 0 Å². The van der Waals surface area contributed by atoms with Crippen LogP contribution in [0, 0.1) is 17.8 Å².